The Labute approximate surface area is 139 Å². The fourth-order valence-corrected chi connectivity index (χ4v) is 2.71. The number of carbonyl (C=O) groups excluding carboxylic acids is 1. The summed E-state index contributed by atoms with van der Waals surface area (Å²) in [6.45, 7) is 6.39. The van der Waals surface area contributed by atoms with E-state index in [0.29, 0.717) is 30.6 Å². The number of hydrogen-bond acceptors (Lipinski definition) is 6. The molecule has 1 aromatic carbocycles. The molecule has 24 heavy (non-hydrogen) atoms. The van der Waals surface area contributed by atoms with Gasteiger partial charge in [0.05, 0.1) is 6.61 Å². The lowest BCUT2D eigenvalue weighted by Crippen LogP contribution is -2.37. The summed E-state index contributed by atoms with van der Waals surface area (Å²) in [6, 6.07) is 5.78. The van der Waals surface area contributed by atoms with Crippen molar-refractivity contribution in [1.29, 1.82) is 0 Å². The molecule has 7 nitrogen and oxygen atoms in total. The third kappa shape index (κ3) is 3.30. The van der Waals surface area contributed by atoms with Gasteiger partial charge in [0.2, 0.25) is 0 Å². The van der Waals surface area contributed by atoms with Crippen LogP contribution in [-0.2, 0) is 10.3 Å². The fourth-order valence-electron chi connectivity index (χ4n) is 2.71. The SMILES string of the molecule is Cc1cc(NC(=O)c2coc(C)n2)cc([C@]2(C)COCC(N)=N2)c1. The minimum Gasteiger partial charge on any atom is -0.448 e. The van der Waals surface area contributed by atoms with Gasteiger partial charge in [-0.05, 0) is 37.1 Å². The van der Waals surface area contributed by atoms with Gasteiger partial charge >= 0.3 is 0 Å². The van der Waals surface area contributed by atoms with Crippen LogP contribution in [0.1, 0.15) is 34.4 Å². The number of aryl methyl sites for hydroxylation is 2. The van der Waals surface area contributed by atoms with Gasteiger partial charge in [0.15, 0.2) is 11.6 Å². The Bertz CT molecular complexity index is 812. The largest absolute Gasteiger partial charge is 0.448 e. The molecule has 3 N–H and O–H groups in total. The van der Waals surface area contributed by atoms with Gasteiger partial charge in [0, 0.05) is 12.6 Å². The molecule has 0 radical (unpaired) electrons. The molecule has 7 heteroatoms. The van der Waals surface area contributed by atoms with E-state index >= 15 is 0 Å². The first kappa shape index (κ1) is 16.2. The summed E-state index contributed by atoms with van der Waals surface area (Å²) >= 11 is 0. The summed E-state index contributed by atoms with van der Waals surface area (Å²) in [5, 5.41) is 2.84. The Kier molecular flexibility index (Phi) is 4.11. The smallest absolute Gasteiger partial charge is 0.277 e. The highest BCUT2D eigenvalue weighted by Gasteiger charge is 2.30. The summed E-state index contributed by atoms with van der Waals surface area (Å²) in [5.74, 6) is 0.590. The van der Waals surface area contributed by atoms with Crippen molar-refractivity contribution < 1.29 is 13.9 Å². The molecule has 0 spiro atoms. The minimum atomic E-state index is -0.571. The molecule has 2 heterocycles. The van der Waals surface area contributed by atoms with Crippen molar-refractivity contribution in [3.63, 3.8) is 0 Å². The van der Waals surface area contributed by atoms with Crippen LogP contribution >= 0.6 is 0 Å². The molecule has 1 atom stereocenters. The number of oxazole rings is 1. The predicted molar refractivity (Wildman–Crippen MR) is 90.2 cm³/mol. The van der Waals surface area contributed by atoms with Crippen LogP contribution in [0.3, 0.4) is 0 Å². The van der Waals surface area contributed by atoms with E-state index in [1.54, 1.807) is 6.92 Å². The molecular formula is C17H20N4O3. The number of rotatable bonds is 3. The van der Waals surface area contributed by atoms with Gasteiger partial charge in [-0.2, -0.15) is 0 Å². The third-order valence-electron chi connectivity index (χ3n) is 3.83. The molecule has 126 valence electrons. The van der Waals surface area contributed by atoms with E-state index in [1.165, 1.54) is 6.26 Å². The minimum absolute atomic E-state index is 0.241. The molecule has 0 fully saturated rings. The lowest BCUT2D eigenvalue weighted by molar-refractivity contribution is 0.102. The Hall–Kier alpha value is -2.67. The van der Waals surface area contributed by atoms with Gasteiger partial charge in [-0.1, -0.05) is 6.07 Å². The van der Waals surface area contributed by atoms with E-state index in [1.807, 2.05) is 32.0 Å². The van der Waals surface area contributed by atoms with E-state index < -0.39 is 5.54 Å². The Morgan fingerprint density at radius 3 is 2.79 bits per heavy atom. The summed E-state index contributed by atoms with van der Waals surface area (Å²) in [4.78, 5) is 20.8. The van der Waals surface area contributed by atoms with Crippen LogP contribution < -0.4 is 11.1 Å². The lowest BCUT2D eigenvalue weighted by Gasteiger charge is -2.30. The monoisotopic (exact) mass is 328 g/mol. The van der Waals surface area contributed by atoms with Gasteiger partial charge < -0.3 is 20.2 Å². The van der Waals surface area contributed by atoms with Crippen LogP contribution in [0.4, 0.5) is 5.69 Å². The Morgan fingerprint density at radius 2 is 2.12 bits per heavy atom. The van der Waals surface area contributed by atoms with E-state index in [9.17, 15) is 4.79 Å². The van der Waals surface area contributed by atoms with E-state index in [0.717, 1.165) is 11.1 Å². The number of carbonyl (C=O) groups is 1. The number of nitrogens with one attached hydrogen (secondary N) is 1. The number of amidine groups is 1. The van der Waals surface area contributed by atoms with Gasteiger partial charge in [-0.3, -0.25) is 9.79 Å². The first-order chi connectivity index (χ1) is 11.4. The Balaban J connectivity index is 1.89. The van der Waals surface area contributed by atoms with Gasteiger partial charge in [-0.15, -0.1) is 0 Å². The first-order valence-corrected chi connectivity index (χ1v) is 7.63. The number of anilines is 1. The maximum absolute atomic E-state index is 12.3. The predicted octanol–water partition coefficient (Wildman–Crippen LogP) is 2.15. The maximum Gasteiger partial charge on any atom is 0.277 e. The fraction of sp³-hybridized carbons (Fsp3) is 0.353. The van der Waals surface area contributed by atoms with E-state index in [-0.39, 0.29) is 11.6 Å². The molecule has 1 aliphatic rings. The lowest BCUT2D eigenvalue weighted by atomic mass is 9.91. The summed E-state index contributed by atoms with van der Waals surface area (Å²) in [5.41, 5.74) is 8.08. The van der Waals surface area contributed by atoms with Gasteiger partial charge in [-0.25, -0.2) is 4.98 Å². The molecule has 0 aliphatic carbocycles. The van der Waals surface area contributed by atoms with E-state index in [2.05, 4.69) is 15.3 Å². The maximum atomic E-state index is 12.3. The number of nitrogens with zero attached hydrogens (tertiary/aromatic N) is 2. The molecule has 0 unspecified atom stereocenters. The summed E-state index contributed by atoms with van der Waals surface area (Å²) < 4.78 is 10.6. The zero-order valence-electron chi connectivity index (χ0n) is 13.9. The Morgan fingerprint density at radius 1 is 1.33 bits per heavy atom. The average Bonchev–Trinajstić information content (AvgIpc) is 2.93. The van der Waals surface area contributed by atoms with Crippen LogP contribution in [0.2, 0.25) is 0 Å². The number of benzene rings is 1. The number of aromatic nitrogens is 1. The van der Waals surface area contributed by atoms with Crippen molar-refractivity contribution in [2.45, 2.75) is 26.3 Å². The van der Waals surface area contributed by atoms with E-state index in [4.69, 9.17) is 14.9 Å². The number of amides is 1. The molecule has 0 saturated heterocycles. The van der Waals surface area contributed by atoms with Crippen LogP contribution in [0.5, 0.6) is 0 Å². The molecule has 1 aromatic heterocycles. The molecule has 2 aromatic rings. The van der Waals surface area contributed by atoms with Crippen LogP contribution in [0.25, 0.3) is 0 Å². The number of nitrogens with two attached hydrogens (primary N) is 1. The zero-order chi connectivity index (χ0) is 17.3. The van der Waals surface area contributed by atoms with Crippen LogP contribution in [-0.4, -0.2) is 29.9 Å². The topological polar surface area (TPSA) is 103 Å². The highest BCUT2D eigenvalue weighted by molar-refractivity contribution is 6.02. The number of hydrogen-bond donors (Lipinski definition) is 2. The summed E-state index contributed by atoms with van der Waals surface area (Å²) in [7, 11) is 0. The number of ether oxygens (including phenoxy) is 1. The molecule has 1 aliphatic heterocycles. The van der Waals surface area contributed by atoms with Crippen LogP contribution in [0, 0.1) is 13.8 Å². The molecule has 3 rings (SSSR count). The molecule has 1 amide bonds. The van der Waals surface area contributed by atoms with Gasteiger partial charge in [0.25, 0.3) is 5.91 Å². The molecule has 0 bridgehead atoms. The standard InChI is InChI=1S/C17H20N4O3/c1-10-4-12(17(3)9-23-8-15(18)21-17)6-13(5-10)20-16(22)14-7-24-11(2)19-14/h4-7H,8-9H2,1-3H3,(H2,18,21)(H,20,22)/t17-/m0/s1. The van der Waals surface area contributed by atoms with Crippen molar-refractivity contribution in [2.75, 3.05) is 18.5 Å². The number of aliphatic imine (C=N–C) groups is 1. The second-order valence-electron chi connectivity index (χ2n) is 6.16. The van der Waals surface area contributed by atoms with Crippen molar-refractivity contribution in [3.8, 4) is 0 Å². The normalized spacial score (nSPS) is 20.5. The highest BCUT2D eigenvalue weighted by atomic mass is 16.5. The van der Waals surface area contributed by atoms with Gasteiger partial charge in [0.1, 0.15) is 24.2 Å². The van der Waals surface area contributed by atoms with Crippen molar-refractivity contribution in [1.82, 2.24) is 4.98 Å². The highest BCUT2D eigenvalue weighted by Crippen LogP contribution is 2.31. The molecular weight excluding hydrogens is 308 g/mol. The molecule has 0 saturated carbocycles. The quantitative estimate of drug-likeness (QED) is 0.898. The second kappa shape index (κ2) is 6.09. The first-order valence-electron chi connectivity index (χ1n) is 7.63. The zero-order valence-corrected chi connectivity index (χ0v) is 13.9. The average molecular weight is 328 g/mol. The second-order valence-corrected chi connectivity index (χ2v) is 6.16. The third-order valence-corrected chi connectivity index (χ3v) is 3.83. The van der Waals surface area contributed by atoms with Crippen molar-refractivity contribution >= 4 is 17.4 Å². The van der Waals surface area contributed by atoms with Crippen molar-refractivity contribution in [3.05, 3.63) is 47.2 Å². The summed E-state index contributed by atoms with van der Waals surface area (Å²) in [6.07, 6.45) is 1.34. The van der Waals surface area contributed by atoms with Crippen LogP contribution in [0.15, 0.2) is 33.9 Å². The van der Waals surface area contributed by atoms with Crippen molar-refractivity contribution in [2.24, 2.45) is 10.7 Å².